The number of ether oxygens (including phenoxy) is 2. The van der Waals surface area contributed by atoms with E-state index in [1.807, 2.05) is 41.5 Å². The molecule has 0 atom stereocenters. The molecule has 0 bridgehead atoms. The highest BCUT2D eigenvalue weighted by molar-refractivity contribution is 5.84. The Morgan fingerprint density at radius 3 is 2.32 bits per heavy atom. The van der Waals surface area contributed by atoms with Crippen LogP contribution in [0.4, 0.5) is 11.8 Å². The molecule has 3 heterocycles. The van der Waals surface area contributed by atoms with Crippen molar-refractivity contribution in [3.05, 3.63) is 6.33 Å². The lowest BCUT2D eigenvalue weighted by molar-refractivity contribution is -0.155. The summed E-state index contributed by atoms with van der Waals surface area (Å²) in [4.78, 5) is 36.8. The van der Waals surface area contributed by atoms with E-state index in [1.165, 1.54) is 0 Å². The van der Waals surface area contributed by atoms with Crippen LogP contribution in [0.2, 0.25) is 0 Å². The molecule has 3 rings (SSSR count). The van der Waals surface area contributed by atoms with Gasteiger partial charge in [-0.25, -0.2) is 4.98 Å². The van der Waals surface area contributed by atoms with Gasteiger partial charge in [-0.3, -0.25) is 9.59 Å². The number of nitrogen functional groups attached to an aromatic ring is 1. The largest absolute Gasteiger partial charge is 0.462 e. The van der Waals surface area contributed by atoms with Gasteiger partial charge in [-0.2, -0.15) is 9.97 Å². The number of fused-ring (bicyclic) bond motifs is 1. The van der Waals surface area contributed by atoms with Crippen molar-refractivity contribution in [2.75, 3.05) is 36.8 Å². The first kappa shape index (κ1) is 24.3. The second kappa shape index (κ2) is 9.90. The van der Waals surface area contributed by atoms with Gasteiger partial charge in [-0.1, -0.05) is 0 Å². The van der Waals surface area contributed by atoms with Gasteiger partial charge in [0.05, 0.1) is 6.33 Å². The van der Waals surface area contributed by atoms with E-state index in [-0.39, 0.29) is 18.1 Å². The Morgan fingerprint density at radius 1 is 1.16 bits per heavy atom. The van der Waals surface area contributed by atoms with E-state index in [0.717, 1.165) is 26.2 Å². The normalized spacial score (nSPS) is 14.6. The number of hydrogen-bond acceptors (Lipinski definition) is 10. The number of nitrogens with two attached hydrogens (primary N) is 1. The average molecular weight is 436 g/mol. The Balaban J connectivity index is 0.000000423. The molecule has 1 fully saturated rings. The fourth-order valence-electron chi connectivity index (χ4n) is 2.78. The first-order valence-corrected chi connectivity index (χ1v) is 10.2. The maximum absolute atomic E-state index is 12.0. The summed E-state index contributed by atoms with van der Waals surface area (Å²) < 4.78 is 11.5. The van der Waals surface area contributed by atoms with Gasteiger partial charge >= 0.3 is 5.97 Å². The van der Waals surface area contributed by atoms with E-state index < -0.39 is 5.60 Å². The fourth-order valence-corrected chi connectivity index (χ4v) is 2.78. The molecular weight excluding hydrogens is 402 g/mol. The maximum atomic E-state index is 12.0. The summed E-state index contributed by atoms with van der Waals surface area (Å²) in [6.45, 7) is 14.8. The number of nitrogens with one attached hydrogen (secondary N) is 1. The zero-order valence-corrected chi connectivity index (χ0v) is 19.1. The van der Waals surface area contributed by atoms with Crippen molar-refractivity contribution >= 4 is 35.4 Å². The standard InChI is InChI=1S/C15H23N7O2.C5H10O2/c1-15(2,3)24-10(23)8-22-9-18-13-11(22)12(16)19-14(20-13)21-6-4-17-5-7-21;1-5(2,3)7-4-6/h9,17H,4-8H2,1-3H3,(H2,16,19,20);4H,1-3H3. The summed E-state index contributed by atoms with van der Waals surface area (Å²) in [6, 6.07) is 0. The number of nitrogens with zero attached hydrogens (tertiary/aromatic N) is 5. The monoisotopic (exact) mass is 435 g/mol. The third-order valence-corrected chi connectivity index (χ3v) is 4.01. The van der Waals surface area contributed by atoms with Crippen molar-refractivity contribution in [3.63, 3.8) is 0 Å². The summed E-state index contributed by atoms with van der Waals surface area (Å²) in [6.07, 6.45) is 1.54. The summed E-state index contributed by atoms with van der Waals surface area (Å²) in [7, 11) is 0. The SMILES string of the molecule is CC(C)(C)OC(=O)Cn1cnc2nc(N3CCNCC3)nc(N)c21.CC(C)(C)OC=O. The van der Waals surface area contributed by atoms with Crippen LogP contribution in [0.15, 0.2) is 6.33 Å². The van der Waals surface area contributed by atoms with E-state index in [0.29, 0.717) is 29.4 Å². The molecule has 0 unspecified atom stereocenters. The molecule has 0 saturated carbocycles. The molecule has 2 aromatic rings. The number of carbonyl (C=O) groups is 2. The Hall–Kier alpha value is -2.95. The highest BCUT2D eigenvalue weighted by Crippen LogP contribution is 2.21. The summed E-state index contributed by atoms with van der Waals surface area (Å²) in [5, 5.41) is 3.28. The predicted molar refractivity (Wildman–Crippen MR) is 118 cm³/mol. The molecule has 0 amide bonds. The Kier molecular flexibility index (Phi) is 7.77. The van der Waals surface area contributed by atoms with Gasteiger partial charge in [0.2, 0.25) is 5.95 Å². The smallest absolute Gasteiger partial charge is 0.326 e. The molecule has 2 aromatic heterocycles. The number of anilines is 2. The third-order valence-electron chi connectivity index (χ3n) is 4.01. The van der Waals surface area contributed by atoms with Crippen LogP contribution >= 0.6 is 0 Å². The number of rotatable bonds is 4. The zero-order chi connectivity index (χ0) is 23.2. The van der Waals surface area contributed by atoms with Crippen LogP contribution in [-0.4, -0.2) is 69.3 Å². The van der Waals surface area contributed by atoms with Gasteiger partial charge < -0.3 is 30.0 Å². The molecule has 1 aliphatic heterocycles. The zero-order valence-electron chi connectivity index (χ0n) is 19.1. The highest BCUT2D eigenvalue weighted by Gasteiger charge is 2.21. The molecule has 11 nitrogen and oxygen atoms in total. The van der Waals surface area contributed by atoms with Crippen LogP contribution in [0.3, 0.4) is 0 Å². The van der Waals surface area contributed by atoms with E-state index in [4.69, 9.17) is 10.5 Å². The van der Waals surface area contributed by atoms with Crippen LogP contribution in [0.1, 0.15) is 41.5 Å². The van der Waals surface area contributed by atoms with Crippen molar-refractivity contribution < 1.29 is 19.1 Å². The quantitative estimate of drug-likeness (QED) is 0.531. The van der Waals surface area contributed by atoms with Gasteiger partial charge in [0, 0.05) is 26.2 Å². The van der Waals surface area contributed by atoms with Gasteiger partial charge in [-0.05, 0) is 41.5 Å². The second-order valence-corrected chi connectivity index (χ2v) is 9.10. The van der Waals surface area contributed by atoms with Crippen LogP contribution < -0.4 is 16.0 Å². The number of piperazine rings is 1. The van der Waals surface area contributed by atoms with Crippen LogP contribution in [-0.2, 0) is 25.6 Å². The van der Waals surface area contributed by atoms with Gasteiger partial charge in [-0.15, -0.1) is 0 Å². The van der Waals surface area contributed by atoms with Crippen LogP contribution in [0.5, 0.6) is 0 Å². The predicted octanol–water partition coefficient (Wildman–Crippen LogP) is 1.12. The fraction of sp³-hybridized carbons (Fsp3) is 0.650. The molecule has 1 aliphatic rings. The molecule has 11 heteroatoms. The molecular formula is C20H33N7O4. The Bertz CT molecular complexity index is 893. The molecule has 0 radical (unpaired) electrons. The number of hydrogen-bond donors (Lipinski definition) is 2. The minimum atomic E-state index is -0.537. The molecule has 0 spiro atoms. The highest BCUT2D eigenvalue weighted by atomic mass is 16.6. The molecule has 31 heavy (non-hydrogen) atoms. The lowest BCUT2D eigenvalue weighted by atomic mass is 10.2. The minimum Gasteiger partial charge on any atom is -0.462 e. The average Bonchev–Trinajstić information content (AvgIpc) is 3.03. The molecule has 0 aliphatic carbocycles. The van der Waals surface area contributed by atoms with Crippen molar-refractivity contribution in [2.45, 2.75) is 59.3 Å². The van der Waals surface area contributed by atoms with Crippen molar-refractivity contribution in [1.82, 2.24) is 24.8 Å². The Labute approximate surface area is 182 Å². The number of imidazole rings is 1. The topological polar surface area (TPSA) is 137 Å². The summed E-state index contributed by atoms with van der Waals surface area (Å²) >= 11 is 0. The van der Waals surface area contributed by atoms with E-state index in [1.54, 1.807) is 10.9 Å². The second-order valence-electron chi connectivity index (χ2n) is 9.10. The molecule has 3 N–H and O–H groups in total. The van der Waals surface area contributed by atoms with Crippen molar-refractivity contribution in [1.29, 1.82) is 0 Å². The van der Waals surface area contributed by atoms with Gasteiger partial charge in [0.25, 0.3) is 6.47 Å². The van der Waals surface area contributed by atoms with E-state index in [9.17, 15) is 9.59 Å². The van der Waals surface area contributed by atoms with E-state index >= 15 is 0 Å². The van der Waals surface area contributed by atoms with Crippen molar-refractivity contribution in [2.24, 2.45) is 0 Å². The lowest BCUT2D eigenvalue weighted by Gasteiger charge is -2.27. The Morgan fingerprint density at radius 2 is 1.81 bits per heavy atom. The van der Waals surface area contributed by atoms with Gasteiger partial charge in [0.1, 0.15) is 23.3 Å². The van der Waals surface area contributed by atoms with Crippen LogP contribution in [0, 0.1) is 0 Å². The maximum Gasteiger partial charge on any atom is 0.326 e. The number of aromatic nitrogens is 4. The molecule has 172 valence electrons. The molecule has 1 saturated heterocycles. The first-order valence-electron chi connectivity index (χ1n) is 10.2. The summed E-state index contributed by atoms with van der Waals surface area (Å²) in [5.74, 6) is 0.533. The minimum absolute atomic E-state index is 0.0221. The molecule has 0 aromatic carbocycles. The van der Waals surface area contributed by atoms with Crippen LogP contribution in [0.25, 0.3) is 11.2 Å². The third kappa shape index (κ3) is 7.67. The first-order chi connectivity index (χ1) is 14.4. The number of carbonyl (C=O) groups excluding carboxylic acids is 2. The lowest BCUT2D eigenvalue weighted by Crippen LogP contribution is -2.44. The van der Waals surface area contributed by atoms with E-state index in [2.05, 4.69) is 29.9 Å². The number of esters is 1. The van der Waals surface area contributed by atoms with Gasteiger partial charge in [0.15, 0.2) is 11.5 Å². The van der Waals surface area contributed by atoms with Crippen molar-refractivity contribution in [3.8, 4) is 0 Å². The summed E-state index contributed by atoms with van der Waals surface area (Å²) in [5.41, 5.74) is 6.29.